The molecule has 1 N–H and O–H groups in total. The molecule has 1 aromatic carbocycles. The number of amidine groups is 1. The second-order valence-electron chi connectivity index (χ2n) is 9.02. The third-order valence-electron chi connectivity index (χ3n) is 6.31. The predicted octanol–water partition coefficient (Wildman–Crippen LogP) is 4.54. The lowest BCUT2D eigenvalue weighted by atomic mass is 9.98. The molecule has 2 aromatic heterocycles. The van der Waals surface area contributed by atoms with Crippen LogP contribution in [0, 0.1) is 6.92 Å². The van der Waals surface area contributed by atoms with Crippen LogP contribution in [0.5, 0.6) is 0 Å². The Balaban J connectivity index is 1.59. The number of anilines is 2. The number of aryl methyl sites for hydroxylation is 2. The summed E-state index contributed by atoms with van der Waals surface area (Å²) in [5.74, 6) is -0.143. The Labute approximate surface area is 201 Å². The fourth-order valence-corrected chi connectivity index (χ4v) is 4.44. The minimum atomic E-state index is -2.92. The number of nitrogens with zero attached hydrogens (tertiary/aromatic N) is 5. The molecule has 9 heteroatoms. The van der Waals surface area contributed by atoms with Gasteiger partial charge < -0.3 is 14.8 Å². The number of halogens is 2. The molecule has 1 atom stereocenters. The fraction of sp³-hybridized carbons (Fsp3) is 0.308. The van der Waals surface area contributed by atoms with Crippen molar-refractivity contribution in [3.63, 3.8) is 0 Å². The van der Waals surface area contributed by atoms with Gasteiger partial charge in [-0.05, 0) is 37.6 Å². The first-order valence-corrected chi connectivity index (χ1v) is 11.5. The first kappa shape index (κ1) is 22.9. The SMILES string of the molecule is Cc1nc(N[C@H](C)c2cccc(C(C)(F)F)c2)c2c(n1)N1CCN=C1C(c1ccc(=O)n(C)c1)=C2. The van der Waals surface area contributed by atoms with Gasteiger partial charge in [-0.25, -0.2) is 18.7 Å². The van der Waals surface area contributed by atoms with Crippen molar-refractivity contribution in [3.8, 4) is 0 Å². The smallest absolute Gasteiger partial charge is 0.270 e. The zero-order chi connectivity index (χ0) is 24.9. The van der Waals surface area contributed by atoms with E-state index in [0.717, 1.165) is 40.8 Å². The number of nitrogens with one attached hydrogen (secondary N) is 1. The molecule has 0 unspecified atom stereocenters. The molecule has 0 fully saturated rings. The van der Waals surface area contributed by atoms with Gasteiger partial charge >= 0.3 is 0 Å². The van der Waals surface area contributed by atoms with Crippen LogP contribution < -0.4 is 15.8 Å². The first-order valence-electron chi connectivity index (χ1n) is 11.5. The van der Waals surface area contributed by atoms with Crippen molar-refractivity contribution in [3.05, 3.63) is 81.0 Å². The highest BCUT2D eigenvalue weighted by Gasteiger charge is 2.32. The van der Waals surface area contributed by atoms with Crippen molar-refractivity contribution >= 4 is 29.1 Å². The summed E-state index contributed by atoms with van der Waals surface area (Å²) in [5.41, 5.74) is 3.15. The minimum Gasteiger partial charge on any atom is -0.363 e. The van der Waals surface area contributed by atoms with Gasteiger partial charge in [0, 0.05) is 55.5 Å². The second-order valence-corrected chi connectivity index (χ2v) is 9.02. The Hall–Kier alpha value is -3.88. The number of benzene rings is 1. The van der Waals surface area contributed by atoms with Crippen molar-refractivity contribution in [2.45, 2.75) is 32.7 Å². The van der Waals surface area contributed by atoms with Gasteiger partial charge in [-0.2, -0.15) is 0 Å². The normalized spacial score (nSPS) is 15.8. The van der Waals surface area contributed by atoms with Crippen molar-refractivity contribution < 1.29 is 8.78 Å². The van der Waals surface area contributed by atoms with Gasteiger partial charge in [-0.3, -0.25) is 9.79 Å². The largest absolute Gasteiger partial charge is 0.363 e. The van der Waals surface area contributed by atoms with Crippen LogP contribution in [0.1, 0.15) is 48.0 Å². The molecule has 7 nitrogen and oxygen atoms in total. The van der Waals surface area contributed by atoms with Crippen LogP contribution in [-0.4, -0.2) is 33.5 Å². The molecule has 0 bridgehead atoms. The lowest BCUT2D eigenvalue weighted by Crippen LogP contribution is -2.33. The van der Waals surface area contributed by atoms with Crippen LogP contribution in [0.25, 0.3) is 11.6 Å². The van der Waals surface area contributed by atoms with Crippen LogP contribution in [0.4, 0.5) is 20.4 Å². The van der Waals surface area contributed by atoms with Crippen molar-refractivity contribution in [2.75, 3.05) is 23.3 Å². The Bertz CT molecular complexity index is 1440. The molecular formula is C26H26F2N6O. The molecule has 0 spiro atoms. The molecular weight excluding hydrogens is 450 g/mol. The number of aliphatic imine (C=N–C) groups is 1. The van der Waals surface area contributed by atoms with Crippen molar-refractivity contribution in [1.29, 1.82) is 0 Å². The number of alkyl halides is 2. The van der Waals surface area contributed by atoms with Gasteiger partial charge in [0.25, 0.3) is 5.92 Å². The molecule has 0 aliphatic carbocycles. The Kier molecular flexibility index (Phi) is 5.50. The van der Waals surface area contributed by atoms with Crippen LogP contribution in [-0.2, 0) is 13.0 Å². The maximum Gasteiger partial charge on any atom is 0.270 e. The van der Waals surface area contributed by atoms with Crippen molar-refractivity contribution in [1.82, 2.24) is 14.5 Å². The Morgan fingerprint density at radius 2 is 1.97 bits per heavy atom. The summed E-state index contributed by atoms with van der Waals surface area (Å²) in [6, 6.07) is 9.47. The molecule has 2 aliphatic rings. The molecule has 0 radical (unpaired) electrons. The Morgan fingerprint density at radius 1 is 1.17 bits per heavy atom. The molecule has 2 aliphatic heterocycles. The lowest BCUT2D eigenvalue weighted by molar-refractivity contribution is 0.0174. The average molecular weight is 477 g/mol. The quantitative estimate of drug-likeness (QED) is 0.585. The van der Waals surface area contributed by atoms with E-state index >= 15 is 0 Å². The summed E-state index contributed by atoms with van der Waals surface area (Å²) >= 11 is 0. The number of aromatic nitrogens is 3. The van der Waals surface area contributed by atoms with Gasteiger partial charge in [0.1, 0.15) is 23.3 Å². The summed E-state index contributed by atoms with van der Waals surface area (Å²) in [4.78, 5) is 28.1. The number of hydrogen-bond acceptors (Lipinski definition) is 6. The van der Waals surface area contributed by atoms with E-state index in [9.17, 15) is 13.6 Å². The zero-order valence-electron chi connectivity index (χ0n) is 20.0. The third-order valence-corrected chi connectivity index (χ3v) is 6.31. The van der Waals surface area contributed by atoms with Gasteiger partial charge in [0.15, 0.2) is 0 Å². The lowest BCUT2D eigenvalue weighted by Gasteiger charge is -2.29. The van der Waals surface area contributed by atoms with E-state index in [1.807, 2.05) is 26.0 Å². The van der Waals surface area contributed by atoms with Gasteiger partial charge in [0.05, 0.1) is 12.1 Å². The van der Waals surface area contributed by atoms with E-state index in [1.54, 1.807) is 25.4 Å². The summed E-state index contributed by atoms with van der Waals surface area (Å²) < 4.78 is 29.3. The monoisotopic (exact) mass is 476 g/mol. The second kappa shape index (κ2) is 8.41. The highest BCUT2D eigenvalue weighted by Crippen LogP contribution is 2.39. The van der Waals surface area contributed by atoms with E-state index in [2.05, 4.69) is 15.2 Å². The summed E-state index contributed by atoms with van der Waals surface area (Å²) in [7, 11) is 1.71. The number of pyridine rings is 1. The molecule has 0 saturated heterocycles. The first-order chi connectivity index (χ1) is 16.6. The minimum absolute atomic E-state index is 0.0284. The number of fused-ring (bicyclic) bond motifs is 3. The van der Waals surface area contributed by atoms with Gasteiger partial charge in [-0.1, -0.05) is 18.2 Å². The predicted molar refractivity (Wildman–Crippen MR) is 134 cm³/mol. The molecule has 0 saturated carbocycles. The summed E-state index contributed by atoms with van der Waals surface area (Å²) in [6.07, 6.45) is 3.78. The van der Waals surface area contributed by atoms with E-state index in [4.69, 9.17) is 9.98 Å². The van der Waals surface area contributed by atoms with E-state index in [1.165, 1.54) is 22.8 Å². The molecule has 180 valence electrons. The maximum absolute atomic E-state index is 13.9. The van der Waals surface area contributed by atoms with Crippen LogP contribution in [0.15, 0.2) is 52.4 Å². The third kappa shape index (κ3) is 4.22. The van der Waals surface area contributed by atoms with E-state index in [0.29, 0.717) is 24.7 Å². The van der Waals surface area contributed by atoms with Gasteiger partial charge in [-0.15, -0.1) is 0 Å². The van der Waals surface area contributed by atoms with Crippen LogP contribution in [0.3, 0.4) is 0 Å². The topological polar surface area (TPSA) is 75.4 Å². The molecule has 35 heavy (non-hydrogen) atoms. The summed E-state index contributed by atoms with van der Waals surface area (Å²) in [5, 5.41) is 3.42. The highest BCUT2D eigenvalue weighted by molar-refractivity contribution is 6.36. The standard InChI is InChI=1S/C26H26F2N6O/c1-15(17-6-5-7-19(12-17)26(3,27)28)30-23-21-13-20(18-8-9-22(35)33(4)14-18)24-29-10-11-34(24)25(21)32-16(2)31-23/h5-9,12-15H,10-11H2,1-4H3,(H,30,31,32)/t15-/m1/s1. The van der Waals surface area contributed by atoms with Crippen molar-refractivity contribution in [2.24, 2.45) is 12.0 Å². The molecule has 0 amide bonds. The molecule has 5 rings (SSSR count). The number of hydrogen-bond donors (Lipinski definition) is 1. The number of rotatable bonds is 5. The zero-order valence-corrected chi connectivity index (χ0v) is 20.0. The maximum atomic E-state index is 13.9. The highest BCUT2D eigenvalue weighted by atomic mass is 19.3. The fourth-order valence-electron chi connectivity index (χ4n) is 4.44. The molecule has 3 aromatic rings. The summed E-state index contributed by atoms with van der Waals surface area (Å²) in [6.45, 7) is 5.96. The molecule has 4 heterocycles. The Morgan fingerprint density at radius 3 is 2.71 bits per heavy atom. The van der Waals surface area contributed by atoms with Crippen LogP contribution in [0.2, 0.25) is 0 Å². The van der Waals surface area contributed by atoms with E-state index < -0.39 is 5.92 Å². The van der Waals surface area contributed by atoms with E-state index in [-0.39, 0.29) is 17.2 Å². The average Bonchev–Trinajstić information content (AvgIpc) is 3.30. The van der Waals surface area contributed by atoms with Crippen LogP contribution >= 0.6 is 0 Å². The van der Waals surface area contributed by atoms with Gasteiger partial charge in [0.2, 0.25) is 5.56 Å².